The summed E-state index contributed by atoms with van der Waals surface area (Å²) in [5.41, 5.74) is 0.125. The molecule has 0 spiro atoms. The number of hydrogen-bond donors (Lipinski definition) is 2. The maximum absolute atomic E-state index is 12.0. The predicted molar refractivity (Wildman–Crippen MR) is 73.4 cm³/mol. The van der Waals surface area contributed by atoms with Gasteiger partial charge in [0.25, 0.3) is 0 Å². The van der Waals surface area contributed by atoms with Crippen molar-refractivity contribution in [2.45, 2.75) is 31.7 Å². The van der Waals surface area contributed by atoms with E-state index in [1.807, 2.05) is 16.8 Å². The Kier molecular flexibility index (Phi) is 4.09. The number of likely N-dealkylation sites (tertiary alicyclic amines) is 1. The molecule has 2 rings (SSSR count). The zero-order chi connectivity index (χ0) is 13.9. The average molecular weight is 282 g/mol. The van der Waals surface area contributed by atoms with Gasteiger partial charge in [-0.1, -0.05) is 0 Å². The lowest BCUT2D eigenvalue weighted by Crippen LogP contribution is -2.54. The summed E-state index contributed by atoms with van der Waals surface area (Å²) in [6.45, 7) is 2.65. The van der Waals surface area contributed by atoms with Crippen molar-refractivity contribution in [1.29, 1.82) is 0 Å². The molecule has 2 N–H and O–H groups in total. The molecule has 6 heteroatoms. The first-order valence-corrected chi connectivity index (χ1v) is 7.28. The molecular formula is C13H18N2O3S. The van der Waals surface area contributed by atoms with E-state index >= 15 is 0 Å². The Morgan fingerprint density at radius 1 is 1.58 bits per heavy atom. The molecule has 5 nitrogen and oxygen atoms in total. The third kappa shape index (κ3) is 2.89. The van der Waals surface area contributed by atoms with Crippen LogP contribution in [0.2, 0.25) is 0 Å². The topological polar surface area (TPSA) is 69.6 Å². The average Bonchev–Trinajstić information content (AvgIpc) is 2.99. The number of carboxylic acid groups (broad SMARTS) is 1. The number of amides is 2. The maximum atomic E-state index is 12.0. The fourth-order valence-corrected chi connectivity index (χ4v) is 3.06. The Hall–Kier alpha value is -1.56. The van der Waals surface area contributed by atoms with Gasteiger partial charge in [-0.05, 0) is 48.6 Å². The van der Waals surface area contributed by atoms with Crippen LogP contribution in [0.5, 0.6) is 0 Å². The largest absolute Gasteiger partial charge is 0.480 e. The van der Waals surface area contributed by atoms with Gasteiger partial charge in [-0.25, -0.2) is 9.59 Å². The smallest absolute Gasteiger partial charge is 0.329 e. The summed E-state index contributed by atoms with van der Waals surface area (Å²) in [5.74, 6) is -0.932. The summed E-state index contributed by atoms with van der Waals surface area (Å²) in [5, 5.41) is 16.1. The van der Waals surface area contributed by atoms with Crippen molar-refractivity contribution in [3.8, 4) is 0 Å². The Bertz CT molecular complexity index is 460. The molecule has 19 heavy (non-hydrogen) atoms. The van der Waals surface area contributed by atoms with E-state index in [2.05, 4.69) is 5.32 Å². The minimum Gasteiger partial charge on any atom is -0.480 e. The summed E-state index contributed by atoms with van der Waals surface area (Å²) < 4.78 is 0. The van der Waals surface area contributed by atoms with Crippen molar-refractivity contribution < 1.29 is 14.7 Å². The minimum absolute atomic E-state index is 0.280. The molecule has 0 aliphatic carbocycles. The van der Waals surface area contributed by atoms with Crippen LogP contribution in [0.3, 0.4) is 0 Å². The summed E-state index contributed by atoms with van der Waals surface area (Å²) in [6.07, 6.45) is 2.02. The van der Waals surface area contributed by atoms with Crippen LogP contribution in [-0.4, -0.2) is 40.6 Å². The number of carbonyl (C=O) groups excluding carboxylic acids is 1. The van der Waals surface area contributed by atoms with E-state index in [-0.39, 0.29) is 6.03 Å². The highest BCUT2D eigenvalue weighted by Crippen LogP contribution is 2.29. The van der Waals surface area contributed by atoms with E-state index in [0.29, 0.717) is 19.5 Å². The normalized spacial score (nSPS) is 22.5. The van der Waals surface area contributed by atoms with E-state index in [1.165, 1.54) is 10.5 Å². The number of aliphatic carboxylic acids is 1. The Labute approximate surface area is 116 Å². The molecule has 1 aromatic rings. The molecule has 0 radical (unpaired) electrons. The molecule has 2 amide bonds. The lowest BCUT2D eigenvalue weighted by molar-refractivity contribution is -0.147. The highest BCUT2D eigenvalue weighted by Gasteiger charge is 2.45. The predicted octanol–water partition coefficient (Wildman–Crippen LogP) is 1.94. The van der Waals surface area contributed by atoms with Gasteiger partial charge in [0.15, 0.2) is 0 Å². The summed E-state index contributed by atoms with van der Waals surface area (Å²) in [6, 6.07) is 1.74. The molecule has 1 saturated heterocycles. The van der Waals surface area contributed by atoms with Crippen LogP contribution in [-0.2, 0) is 11.2 Å². The van der Waals surface area contributed by atoms with Crippen LogP contribution in [0.15, 0.2) is 16.8 Å². The van der Waals surface area contributed by atoms with Crippen molar-refractivity contribution in [2.75, 3.05) is 13.1 Å². The van der Waals surface area contributed by atoms with E-state index in [0.717, 1.165) is 12.8 Å². The second kappa shape index (κ2) is 5.61. The van der Waals surface area contributed by atoms with Crippen molar-refractivity contribution >= 4 is 23.3 Å². The molecule has 0 saturated carbocycles. The molecule has 0 aromatic carbocycles. The van der Waals surface area contributed by atoms with E-state index in [1.54, 1.807) is 18.3 Å². The third-order valence-electron chi connectivity index (χ3n) is 3.62. The summed E-state index contributed by atoms with van der Waals surface area (Å²) in [4.78, 5) is 24.8. The highest BCUT2D eigenvalue weighted by atomic mass is 32.1. The number of hydrogen-bond acceptors (Lipinski definition) is 3. The van der Waals surface area contributed by atoms with Crippen LogP contribution in [0, 0.1) is 0 Å². The fourth-order valence-electron chi connectivity index (χ4n) is 2.36. The zero-order valence-electron chi connectivity index (χ0n) is 10.9. The zero-order valence-corrected chi connectivity index (χ0v) is 11.7. The monoisotopic (exact) mass is 282 g/mol. The molecule has 1 fully saturated rings. The second-order valence-electron chi connectivity index (χ2n) is 4.95. The lowest BCUT2D eigenvalue weighted by Gasteiger charge is -2.31. The molecule has 104 valence electrons. The Morgan fingerprint density at radius 3 is 3.00 bits per heavy atom. The van der Waals surface area contributed by atoms with Crippen LogP contribution in [0.25, 0.3) is 0 Å². The van der Waals surface area contributed by atoms with Gasteiger partial charge in [0, 0.05) is 13.1 Å². The van der Waals surface area contributed by atoms with E-state index < -0.39 is 11.5 Å². The molecule has 2 heterocycles. The van der Waals surface area contributed by atoms with Crippen molar-refractivity contribution in [3.63, 3.8) is 0 Å². The third-order valence-corrected chi connectivity index (χ3v) is 4.35. The standard InChI is InChI=1S/C13H18N2O3S/c1-13(11(16)17)5-2-7-15(13)12(18)14-6-3-10-4-8-19-9-10/h4,8-9H,2-3,5-7H2,1H3,(H,14,18)(H,16,17). The van der Waals surface area contributed by atoms with Gasteiger partial charge in [-0.2, -0.15) is 11.3 Å². The van der Waals surface area contributed by atoms with Gasteiger partial charge in [0.2, 0.25) is 0 Å². The number of nitrogens with one attached hydrogen (secondary N) is 1. The van der Waals surface area contributed by atoms with Gasteiger partial charge in [-0.15, -0.1) is 0 Å². The van der Waals surface area contributed by atoms with Gasteiger partial charge in [-0.3, -0.25) is 0 Å². The Morgan fingerprint density at radius 2 is 2.37 bits per heavy atom. The molecule has 1 unspecified atom stereocenters. The van der Waals surface area contributed by atoms with Crippen molar-refractivity contribution in [3.05, 3.63) is 22.4 Å². The minimum atomic E-state index is -1.06. The summed E-state index contributed by atoms with van der Waals surface area (Å²) >= 11 is 1.63. The first kappa shape index (κ1) is 13.9. The van der Waals surface area contributed by atoms with Crippen LogP contribution < -0.4 is 5.32 Å². The van der Waals surface area contributed by atoms with Crippen LogP contribution in [0.4, 0.5) is 4.79 Å². The fraction of sp³-hybridized carbons (Fsp3) is 0.538. The Balaban J connectivity index is 1.87. The molecule has 1 aliphatic rings. The number of carboxylic acids is 1. The number of nitrogens with zero attached hydrogens (tertiary/aromatic N) is 1. The second-order valence-corrected chi connectivity index (χ2v) is 5.73. The van der Waals surface area contributed by atoms with Crippen molar-refractivity contribution in [2.24, 2.45) is 0 Å². The van der Waals surface area contributed by atoms with Gasteiger partial charge in [0.1, 0.15) is 5.54 Å². The van der Waals surface area contributed by atoms with Crippen LogP contribution >= 0.6 is 11.3 Å². The highest BCUT2D eigenvalue weighted by molar-refractivity contribution is 7.07. The first-order valence-electron chi connectivity index (χ1n) is 6.34. The molecule has 1 atom stereocenters. The van der Waals surface area contributed by atoms with Crippen LogP contribution in [0.1, 0.15) is 25.3 Å². The number of carbonyl (C=O) groups is 2. The van der Waals surface area contributed by atoms with Gasteiger partial charge >= 0.3 is 12.0 Å². The first-order chi connectivity index (χ1) is 9.04. The molecule has 1 aliphatic heterocycles. The number of thiophene rings is 1. The number of urea groups is 1. The SMILES string of the molecule is CC1(C(=O)O)CCCN1C(=O)NCCc1ccsc1. The number of rotatable bonds is 4. The van der Waals surface area contributed by atoms with Crippen molar-refractivity contribution in [1.82, 2.24) is 10.2 Å². The maximum Gasteiger partial charge on any atom is 0.329 e. The van der Waals surface area contributed by atoms with E-state index in [9.17, 15) is 14.7 Å². The molecule has 1 aromatic heterocycles. The van der Waals surface area contributed by atoms with Gasteiger partial charge < -0.3 is 15.3 Å². The van der Waals surface area contributed by atoms with E-state index in [4.69, 9.17) is 0 Å². The molecular weight excluding hydrogens is 264 g/mol. The lowest BCUT2D eigenvalue weighted by atomic mass is 10.00. The van der Waals surface area contributed by atoms with Gasteiger partial charge in [0.05, 0.1) is 0 Å². The molecule has 0 bridgehead atoms. The quantitative estimate of drug-likeness (QED) is 0.886. The summed E-state index contributed by atoms with van der Waals surface area (Å²) in [7, 11) is 0.